The van der Waals surface area contributed by atoms with Crippen LogP contribution in [0.3, 0.4) is 0 Å². The third-order valence-corrected chi connectivity index (χ3v) is 2.73. The van der Waals surface area contributed by atoms with E-state index >= 15 is 0 Å². The van der Waals surface area contributed by atoms with Gasteiger partial charge in [0.15, 0.2) is 0 Å². The summed E-state index contributed by atoms with van der Waals surface area (Å²) < 4.78 is 5.25. The second-order valence-electron chi connectivity index (χ2n) is 4.40. The van der Waals surface area contributed by atoms with Gasteiger partial charge in [0.1, 0.15) is 11.5 Å². The maximum atomic E-state index is 10.8. The van der Waals surface area contributed by atoms with Crippen LogP contribution in [0.25, 0.3) is 0 Å². The Hall–Kier alpha value is -1.09. The molecule has 1 heterocycles. The van der Waals surface area contributed by atoms with Crippen molar-refractivity contribution >= 4 is 5.78 Å². The number of hydrogen-bond acceptors (Lipinski definition) is 3. The molecule has 0 saturated carbocycles. The van der Waals surface area contributed by atoms with Crippen LogP contribution in [-0.4, -0.2) is 24.3 Å². The molecule has 0 fully saturated rings. The largest absolute Gasteiger partial charge is 0.469 e. The summed E-state index contributed by atoms with van der Waals surface area (Å²) in [6, 6.07) is 2.02. The number of rotatable bonds is 7. The maximum Gasteiger partial charge on any atom is 0.129 e. The quantitative estimate of drug-likeness (QED) is 0.666. The summed E-state index contributed by atoms with van der Waals surface area (Å²) in [6.07, 6.45) is 4.50. The summed E-state index contributed by atoms with van der Waals surface area (Å²) in [7, 11) is 2.10. The van der Waals surface area contributed by atoms with E-state index in [-0.39, 0.29) is 5.78 Å². The molecule has 0 aliphatic rings. The van der Waals surface area contributed by atoms with Crippen molar-refractivity contribution in [1.82, 2.24) is 4.90 Å². The first-order valence-corrected chi connectivity index (χ1v) is 5.80. The molecule has 0 aliphatic heterocycles. The van der Waals surface area contributed by atoms with Crippen molar-refractivity contribution < 1.29 is 9.21 Å². The molecule has 0 radical (unpaired) electrons. The third-order valence-electron chi connectivity index (χ3n) is 2.73. The van der Waals surface area contributed by atoms with Gasteiger partial charge in [0.2, 0.25) is 0 Å². The molecule has 3 nitrogen and oxygen atoms in total. The molecule has 0 aromatic carbocycles. The molecule has 1 aromatic rings. The highest BCUT2D eigenvalue weighted by molar-refractivity contribution is 5.75. The van der Waals surface area contributed by atoms with E-state index in [1.165, 1.54) is 5.56 Å². The number of unbranched alkanes of at least 4 members (excludes halogenated alkanes) is 1. The van der Waals surface area contributed by atoms with Gasteiger partial charge in [0.25, 0.3) is 0 Å². The number of aryl methyl sites for hydroxylation is 1. The molecular weight excluding hydrogens is 202 g/mol. The first-order valence-electron chi connectivity index (χ1n) is 5.80. The Morgan fingerprint density at radius 2 is 2.19 bits per heavy atom. The number of nitrogens with zero attached hydrogens (tertiary/aromatic N) is 1. The first-order chi connectivity index (χ1) is 7.59. The van der Waals surface area contributed by atoms with Crippen LogP contribution in [0.2, 0.25) is 0 Å². The van der Waals surface area contributed by atoms with E-state index in [0.29, 0.717) is 6.42 Å². The number of ketones is 1. The maximum absolute atomic E-state index is 10.8. The van der Waals surface area contributed by atoms with E-state index < -0.39 is 0 Å². The molecule has 0 unspecified atom stereocenters. The van der Waals surface area contributed by atoms with Crippen LogP contribution >= 0.6 is 0 Å². The monoisotopic (exact) mass is 223 g/mol. The van der Waals surface area contributed by atoms with E-state index in [2.05, 4.69) is 11.9 Å². The van der Waals surface area contributed by atoms with Crippen molar-refractivity contribution in [1.29, 1.82) is 0 Å². The molecule has 90 valence electrons. The molecule has 0 N–H and O–H groups in total. The van der Waals surface area contributed by atoms with Crippen molar-refractivity contribution in [2.45, 2.75) is 39.7 Å². The van der Waals surface area contributed by atoms with Crippen LogP contribution in [-0.2, 0) is 11.3 Å². The average molecular weight is 223 g/mol. The predicted molar refractivity (Wildman–Crippen MR) is 64.3 cm³/mol. The molecule has 0 atom stereocenters. The molecule has 0 aliphatic carbocycles. The highest BCUT2D eigenvalue weighted by Crippen LogP contribution is 2.11. The SMILES string of the molecule is CC(=O)CCCCN(C)Cc1ccoc1C. The summed E-state index contributed by atoms with van der Waals surface area (Å²) in [5.74, 6) is 1.28. The molecule has 1 rings (SSSR count). The van der Waals surface area contributed by atoms with Gasteiger partial charge in [-0.3, -0.25) is 0 Å². The molecule has 0 bridgehead atoms. The minimum atomic E-state index is 0.285. The molecule has 0 amide bonds. The van der Waals surface area contributed by atoms with Crippen LogP contribution in [0, 0.1) is 6.92 Å². The fraction of sp³-hybridized carbons (Fsp3) is 0.615. The second-order valence-corrected chi connectivity index (χ2v) is 4.40. The lowest BCUT2D eigenvalue weighted by Crippen LogP contribution is -2.19. The number of hydrogen-bond donors (Lipinski definition) is 0. The van der Waals surface area contributed by atoms with Gasteiger partial charge in [-0.05, 0) is 46.3 Å². The van der Waals surface area contributed by atoms with Crippen LogP contribution in [0.1, 0.15) is 37.5 Å². The van der Waals surface area contributed by atoms with Gasteiger partial charge >= 0.3 is 0 Å². The number of furan rings is 1. The van der Waals surface area contributed by atoms with Crippen LogP contribution in [0.4, 0.5) is 0 Å². The highest BCUT2D eigenvalue weighted by atomic mass is 16.3. The van der Waals surface area contributed by atoms with E-state index in [4.69, 9.17) is 4.42 Å². The summed E-state index contributed by atoms with van der Waals surface area (Å²) >= 11 is 0. The highest BCUT2D eigenvalue weighted by Gasteiger charge is 2.05. The fourth-order valence-corrected chi connectivity index (χ4v) is 1.70. The van der Waals surface area contributed by atoms with Crippen molar-refractivity contribution in [2.75, 3.05) is 13.6 Å². The second kappa shape index (κ2) is 6.48. The lowest BCUT2D eigenvalue weighted by molar-refractivity contribution is -0.117. The summed E-state index contributed by atoms with van der Waals surface area (Å²) in [4.78, 5) is 13.0. The van der Waals surface area contributed by atoms with E-state index in [0.717, 1.165) is 31.7 Å². The summed E-state index contributed by atoms with van der Waals surface area (Å²) in [6.45, 7) is 5.58. The zero-order valence-electron chi connectivity index (χ0n) is 10.5. The van der Waals surface area contributed by atoms with Gasteiger partial charge in [-0.25, -0.2) is 0 Å². The van der Waals surface area contributed by atoms with Crippen molar-refractivity contribution in [3.05, 3.63) is 23.7 Å². The van der Waals surface area contributed by atoms with Crippen molar-refractivity contribution in [3.63, 3.8) is 0 Å². The minimum absolute atomic E-state index is 0.285. The Labute approximate surface area is 97.4 Å². The van der Waals surface area contributed by atoms with Gasteiger partial charge in [-0.15, -0.1) is 0 Å². The van der Waals surface area contributed by atoms with Gasteiger partial charge in [0, 0.05) is 18.5 Å². The Morgan fingerprint density at radius 3 is 2.75 bits per heavy atom. The molecular formula is C13H21NO2. The van der Waals surface area contributed by atoms with E-state index in [9.17, 15) is 4.79 Å². The van der Waals surface area contributed by atoms with Gasteiger partial charge in [0.05, 0.1) is 6.26 Å². The predicted octanol–water partition coefficient (Wildman–Crippen LogP) is 2.78. The molecule has 0 spiro atoms. The molecule has 16 heavy (non-hydrogen) atoms. The van der Waals surface area contributed by atoms with E-state index in [1.807, 2.05) is 13.0 Å². The van der Waals surface area contributed by atoms with Crippen LogP contribution in [0.5, 0.6) is 0 Å². The third kappa shape index (κ3) is 4.62. The molecule has 3 heteroatoms. The van der Waals surface area contributed by atoms with Crippen LogP contribution < -0.4 is 0 Å². The summed E-state index contributed by atoms with van der Waals surface area (Å²) in [5.41, 5.74) is 1.24. The van der Waals surface area contributed by atoms with Gasteiger partial charge in [-0.1, -0.05) is 0 Å². The Kier molecular flexibility index (Phi) is 5.26. The van der Waals surface area contributed by atoms with Gasteiger partial charge < -0.3 is 14.1 Å². The Balaban J connectivity index is 2.19. The lowest BCUT2D eigenvalue weighted by Gasteiger charge is -2.15. The number of carbonyl (C=O) groups excluding carboxylic acids is 1. The lowest BCUT2D eigenvalue weighted by atomic mass is 10.2. The number of Topliss-reactive ketones (excluding diaryl/α,β-unsaturated/α-hetero) is 1. The Bertz CT molecular complexity index is 330. The van der Waals surface area contributed by atoms with Crippen molar-refractivity contribution in [2.24, 2.45) is 0 Å². The Morgan fingerprint density at radius 1 is 1.44 bits per heavy atom. The van der Waals surface area contributed by atoms with Crippen molar-refractivity contribution in [3.8, 4) is 0 Å². The zero-order chi connectivity index (χ0) is 12.0. The standard InChI is InChI=1S/C13H21NO2/c1-11(15)6-4-5-8-14(3)10-13-7-9-16-12(13)2/h7,9H,4-6,8,10H2,1-3H3. The first kappa shape index (κ1) is 13.0. The molecule has 1 aromatic heterocycles. The number of carbonyl (C=O) groups is 1. The smallest absolute Gasteiger partial charge is 0.129 e. The molecule has 0 saturated heterocycles. The zero-order valence-corrected chi connectivity index (χ0v) is 10.5. The summed E-state index contributed by atoms with van der Waals surface area (Å²) in [5, 5.41) is 0. The normalized spacial score (nSPS) is 11.0. The minimum Gasteiger partial charge on any atom is -0.469 e. The van der Waals surface area contributed by atoms with Gasteiger partial charge in [-0.2, -0.15) is 0 Å². The fourth-order valence-electron chi connectivity index (χ4n) is 1.70. The topological polar surface area (TPSA) is 33.5 Å². The van der Waals surface area contributed by atoms with Crippen LogP contribution in [0.15, 0.2) is 16.7 Å². The van der Waals surface area contributed by atoms with E-state index in [1.54, 1.807) is 13.2 Å². The average Bonchev–Trinajstić information content (AvgIpc) is 2.59.